The van der Waals surface area contributed by atoms with Crippen molar-refractivity contribution in [3.05, 3.63) is 63.4 Å². The van der Waals surface area contributed by atoms with Crippen LogP contribution in [0.5, 0.6) is 0 Å². The number of pyridine rings is 2. The van der Waals surface area contributed by atoms with Crippen molar-refractivity contribution in [2.75, 3.05) is 0 Å². The zero-order valence-corrected chi connectivity index (χ0v) is 14.7. The molecule has 0 saturated carbocycles. The molecule has 7 heteroatoms. The van der Waals surface area contributed by atoms with Gasteiger partial charge < -0.3 is 19.9 Å². The first-order chi connectivity index (χ1) is 12.5. The van der Waals surface area contributed by atoms with Crippen LogP contribution in [0.4, 0.5) is 0 Å². The van der Waals surface area contributed by atoms with Crippen molar-refractivity contribution >= 4 is 16.9 Å². The van der Waals surface area contributed by atoms with Gasteiger partial charge in [0.05, 0.1) is 29.0 Å². The van der Waals surface area contributed by atoms with E-state index in [2.05, 4.69) is 0 Å². The Balaban J connectivity index is 0.00000180. The Bertz CT molecular complexity index is 1170. The molecule has 4 heterocycles. The van der Waals surface area contributed by atoms with Crippen molar-refractivity contribution in [2.24, 2.45) is 0 Å². The van der Waals surface area contributed by atoms with Gasteiger partial charge in [0.1, 0.15) is 6.61 Å². The average Bonchev–Trinajstić information content (AvgIpc) is 3.01. The molecule has 0 saturated heterocycles. The smallest absolute Gasteiger partial charge is 0.343 e. The molecule has 3 aromatic rings. The molecule has 0 aliphatic carbocycles. The zero-order valence-electron chi connectivity index (χ0n) is 14.7. The van der Waals surface area contributed by atoms with Crippen molar-refractivity contribution in [3.8, 4) is 11.4 Å². The minimum atomic E-state index is -1.79. The highest BCUT2D eigenvalue weighted by molar-refractivity contribution is 5.86. The number of cyclic esters (lactones) is 1. The Kier molecular flexibility index (Phi) is 3.69. The van der Waals surface area contributed by atoms with Gasteiger partial charge in [-0.05, 0) is 24.6 Å². The Labute approximate surface area is 154 Å². The molecule has 2 aromatic heterocycles. The molecule has 0 amide bonds. The fourth-order valence-electron chi connectivity index (χ4n) is 3.93. The van der Waals surface area contributed by atoms with E-state index in [4.69, 9.17) is 9.72 Å². The number of rotatable bonds is 1. The standard InChI is InChI=1S/C20H16N2O4.H2O/c1-2-20(25)14-8-16-17-12(7-11-5-3-4-6-15(11)21-17)9-22(16)18(23)13(14)10-26-19(20)24;/h3-8,25H,2,9-10H2,1H3;1H2/t20-;/m1./s1. The van der Waals surface area contributed by atoms with Gasteiger partial charge in [0.15, 0.2) is 5.60 Å². The third-order valence-electron chi connectivity index (χ3n) is 5.42. The number of para-hydroxylation sites is 1. The van der Waals surface area contributed by atoms with E-state index in [1.165, 1.54) is 0 Å². The van der Waals surface area contributed by atoms with Gasteiger partial charge in [-0.25, -0.2) is 9.78 Å². The highest BCUT2D eigenvalue weighted by atomic mass is 16.6. The third kappa shape index (κ3) is 2.19. The van der Waals surface area contributed by atoms with Crippen LogP contribution in [-0.2, 0) is 28.3 Å². The van der Waals surface area contributed by atoms with E-state index in [0.717, 1.165) is 22.2 Å². The molecule has 0 bridgehead atoms. The number of ether oxygens (including phenoxy) is 1. The summed E-state index contributed by atoms with van der Waals surface area (Å²) in [5, 5.41) is 11.8. The maximum absolute atomic E-state index is 13.0. The number of nitrogens with zero attached hydrogens (tertiary/aromatic N) is 2. The van der Waals surface area contributed by atoms with E-state index in [9.17, 15) is 14.7 Å². The van der Waals surface area contributed by atoms with Crippen LogP contribution in [-0.4, -0.2) is 26.1 Å². The van der Waals surface area contributed by atoms with E-state index in [1.807, 2.05) is 30.3 Å². The molecule has 0 spiro atoms. The number of benzene rings is 1. The van der Waals surface area contributed by atoms with Gasteiger partial charge >= 0.3 is 5.97 Å². The summed E-state index contributed by atoms with van der Waals surface area (Å²) in [5.41, 5.74) is 1.81. The number of esters is 1. The fourth-order valence-corrected chi connectivity index (χ4v) is 3.93. The Morgan fingerprint density at radius 1 is 1.26 bits per heavy atom. The third-order valence-corrected chi connectivity index (χ3v) is 5.42. The highest BCUT2D eigenvalue weighted by Gasteiger charge is 2.45. The molecule has 1 aromatic carbocycles. The molecular formula is C20H18N2O5. The monoisotopic (exact) mass is 366 g/mol. The quantitative estimate of drug-likeness (QED) is 0.510. The second kappa shape index (κ2) is 5.73. The second-order valence-electron chi connectivity index (χ2n) is 6.79. The lowest BCUT2D eigenvalue weighted by molar-refractivity contribution is -0.172. The number of hydrogen-bond donors (Lipinski definition) is 1. The SMILES string of the molecule is CC[C@]1(O)C(=O)OCc2c1cc1n(c2=O)Cc2cc3ccccc3nc2-1.O. The van der Waals surface area contributed by atoms with Gasteiger partial charge in [-0.3, -0.25) is 4.79 Å². The molecule has 7 nitrogen and oxygen atoms in total. The summed E-state index contributed by atoms with van der Waals surface area (Å²) in [6.07, 6.45) is 0.139. The van der Waals surface area contributed by atoms with Crippen LogP contribution < -0.4 is 5.56 Å². The molecule has 0 fully saturated rings. The predicted molar refractivity (Wildman–Crippen MR) is 98.1 cm³/mol. The van der Waals surface area contributed by atoms with Crippen LogP contribution in [0.25, 0.3) is 22.3 Å². The maximum Gasteiger partial charge on any atom is 0.343 e. The van der Waals surface area contributed by atoms with Gasteiger partial charge in [-0.15, -0.1) is 0 Å². The van der Waals surface area contributed by atoms with E-state index in [-0.39, 0.29) is 24.1 Å². The molecule has 0 unspecified atom stereocenters. The van der Waals surface area contributed by atoms with Crippen molar-refractivity contribution in [1.82, 2.24) is 9.55 Å². The van der Waals surface area contributed by atoms with Crippen LogP contribution in [0, 0.1) is 0 Å². The molecule has 0 radical (unpaired) electrons. The van der Waals surface area contributed by atoms with Crippen molar-refractivity contribution < 1.29 is 20.1 Å². The lowest BCUT2D eigenvalue weighted by atomic mass is 9.86. The molecule has 1 atom stereocenters. The van der Waals surface area contributed by atoms with Gasteiger partial charge in [-0.2, -0.15) is 0 Å². The first-order valence-corrected chi connectivity index (χ1v) is 8.59. The summed E-state index contributed by atoms with van der Waals surface area (Å²) in [7, 11) is 0. The van der Waals surface area contributed by atoms with Gasteiger partial charge in [0.2, 0.25) is 0 Å². The molecule has 2 aliphatic heterocycles. The minimum Gasteiger partial charge on any atom is -0.458 e. The summed E-state index contributed by atoms with van der Waals surface area (Å²) >= 11 is 0. The van der Waals surface area contributed by atoms with Gasteiger partial charge in [0, 0.05) is 16.5 Å². The topological polar surface area (TPSA) is 113 Å². The molecule has 2 aliphatic rings. The van der Waals surface area contributed by atoms with E-state index in [0.29, 0.717) is 23.4 Å². The summed E-state index contributed by atoms with van der Waals surface area (Å²) in [4.78, 5) is 29.9. The summed E-state index contributed by atoms with van der Waals surface area (Å²) in [5.74, 6) is -0.707. The number of carbonyl (C=O) groups is 1. The highest BCUT2D eigenvalue weighted by Crippen LogP contribution is 2.38. The number of fused-ring (bicyclic) bond motifs is 5. The van der Waals surface area contributed by atoms with Gasteiger partial charge in [-0.1, -0.05) is 25.1 Å². The normalized spacial score (nSPS) is 19.7. The summed E-state index contributed by atoms with van der Waals surface area (Å²) in [6.45, 7) is 2.01. The fraction of sp³-hybridized carbons (Fsp3) is 0.250. The number of carbonyl (C=O) groups excluding carboxylic acids is 1. The van der Waals surface area contributed by atoms with Crippen molar-refractivity contribution in [1.29, 1.82) is 0 Å². The molecule has 5 rings (SSSR count). The van der Waals surface area contributed by atoms with Crippen LogP contribution in [0.1, 0.15) is 30.0 Å². The Morgan fingerprint density at radius 2 is 2.04 bits per heavy atom. The number of aromatic nitrogens is 2. The zero-order chi connectivity index (χ0) is 18.1. The Morgan fingerprint density at radius 3 is 2.81 bits per heavy atom. The van der Waals surface area contributed by atoms with Crippen LogP contribution in [0.3, 0.4) is 0 Å². The van der Waals surface area contributed by atoms with Crippen LogP contribution >= 0.6 is 0 Å². The van der Waals surface area contributed by atoms with Gasteiger partial charge in [0.25, 0.3) is 5.56 Å². The van der Waals surface area contributed by atoms with Crippen molar-refractivity contribution in [2.45, 2.75) is 32.1 Å². The van der Waals surface area contributed by atoms with Crippen LogP contribution in [0.2, 0.25) is 0 Å². The first kappa shape index (κ1) is 17.4. The second-order valence-corrected chi connectivity index (χ2v) is 6.79. The molecule has 138 valence electrons. The average molecular weight is 366 g/mol. The lowest BCUT2D eigenvalue weighted by Crippen LogP contribution is -2.44. The van der Waals surface area contributed by atoms with E-state index >= 15 is 0 Å². The molecular weight excluding hydrogens is 348 g/mol. The van der Waals surface area contributed by atoms with Crippen LogP contribution in [0.15, 0.2) is 41.2 Å². The maximum atomic E-state index is 13.0. The largest absolute Gasteiger partial charge is 0.458 e. The predicted octanol–water partition coefficient (Wildman–Crippen LogP) is 1.25. The van der Waals surface area contributed by atoms with E-state index < -0.39 is 11.6 Å². The molecule has 3 N–H and O–H groups in total. The molecule has 27 heavy (non-hydrogen) atoms. The first-order valence-electron chi connectivity index (χ1n) is 8.59. The lowest BCUT2D eigenvalue weighted by Gasteiger charge is -2.31. The summed E-state index contributed by atoms with van der Waals surface area (Å²) < 4.78 is 6.72. The van der Waals surface area contributed by atoms with E-state index in [1.54, 1.807) is 17.6 Å². The summed E-state index contributed by atoms with van der Waals surface area (Å²) in [6, 6.07) is 11.6. The minimum absolute atomic E-state index is 0. The number of hydrogen-bond acceptors (Lipinski definition) is 5. The Hall–Kier alpha value is -3.03. The van der Waals surface area contributed by atoms with Crippen molar-refractivity contribution in [3.63, 3.8) is 0 Å². The number of aliphatic hydroxyl groups is 1.